The standard InChI is InChI=1S/C61H49NO/c1-6-41-37-46(32-34-50(41)43-27-29-44(30-28-43)52-21-11-16-42-15-7-8-17-51(42)52)62(58-25-14-20-49-40(5)36-57-47(38(2)3)19-12-22-54(57)60(49)58)45-31-33-48(39(4)35-45)55-23-13-24-56-53-18-9-10-26-59(53)63-61(55)56/h7-38H,6H2,1-5H3. The number of hydrogen-bond acceptors (Lipinski definition) is 2. The Hall–Kier alpha value is -7.42. The van der Waals surface area contributed by atoms with Gasteiger partial charge in [-0.25, -0.2) is 0 Å². The Balaban J connectivity index is 1.08. The molecule has 0 saturated heterocycles. The molecule has 11 aromatic rings. The third-order valence-electron chi connectivity index (χ3n) is 13.3. The molecule has 0 amide bonds. The minimum atomic E-state index is 0.404. The van der Waals surface area contributed by atoms with E-state index in [-0.39, 0.29) is 0 Å². The number of furan rings is 1. The minimum Gasteiger partial charge on any atom is -0.455 e. The topological polar surface area (TPSA) is 16.4 Å². The van der Waals surface area contributed by atoms with Gasteiger partial charge in [-0.05, 0) is 140 Å². The van der Waals surface area contributed by atoms with Gasteiger partial charge in [-0.1, -0.05) is 172 Å². The van der Waals surface area contributed by atoms with E-state index in [0.29, 0.717) is 5.92 Å². The monoisotopic (exact) mass is 811 g/mol. The Morgan fingerprint density at radius 1 is 0.460 bits per heavy atom. The second-order valence-corrected chi connectivity index (χ2v) is 17.4. The van der Waals surface area contributed by atoms with Gasteiger partial charge < -0.3 is 9.32 Å². The summed E-state index contributed by atoms with van der Waals surface area (Å²) in [6, 6.07) is 69.3. The van der Waals surface area contributed by atoms with E-state index in [4.69, 9.17) is 4.42 Å². The molecule has 1 aromatic heterocycles. The normalized spacial score (nSPS) is 11.8. The molecule has 304 valence electrons. The lowest BCUT2D eigenvalue weighted by Gasteiger charge is -2.29. The highest BCUT2D eigenvalue weighted by molar-refractivity contribution is 6.17. The van der Waals surface area contributed by atoms with Gasteiger partial charge in [-0.15, -0.1) is 0 Å². The van der Waals surface area contributed by atoms with Gasteiger partial charge in [-0.3, -0.25) is 0 Å². The van der Waals surface area contributed by atoms with E-state index in [9.17, 15) is 0 Å². The Morgan fingerprint density at radius 2 is 1.08 bits per heavy atom. The summed E-state index contributed by atoms with van der Waals surface area (Å²) in [5.41, 5.74) is 17.7. The predicted molar refractivity (Wildman–Crippen MR) is 270 cm³/mol. The van der Waals surface area contributed by atoms with E-state index < -0.39 is 0 Å². The first kappa shape index (κ1) is 38.5. The molecule has 11 rings (SSSR count). The molecule has 0 unspecified atom stereocenters. The number of hydrogen-bond donors (Lipinski definition) is 0. The van der Waals surface area contributed by atoms with E-state index in [0.717, 1.165) is 45.3 Å². The fraction of sp³-hybridized carbons (Fsp3) is 0.115. The van der Waals surface area contributed by atoms with Crippen LogP contribution in [0.15, 0.2) is 192 Å². The largest absolute Gasteiger partial charge is 0.455 e. The fourth-order valence-corrected chi connectivity index (χ4v) is 10.2. The summed E-state index contributed by atoms with van der Waals surface area (Å²) in [6.07, 6.45) is 0.900. The van der Waals surface area contributed by atoms with Crippen molar-refractivity contribution >= 4 is 71.3 Å². The van der Waals surface area contributed by atoms with Crippen LogP contribution in [0.4, 0.5) is 17.1 Å². The first-order valence-electron chi connectivity index (χ1n) is 22.3. The SMILES string of the molecule is CCc1cc(N(c2ccc(-c3cccc4c3oc3ccccc34)c(C)c2)c2cccc3c(C)cc4c(C(C)C)cccc4c23)ccc1-c1ccc(-c2cccc3ccccc23)cc1. The Bertz CT molecular complexity index is 3550. The molecule has 0 aliphatic heterocycles. The summed E-state index contributed by atoms with van der Waals surface area (Å²) in [4.78, 5) is 2.49. The van der Waals surface area contributed by atoms with E-state index in [2.05, 4.69) is 222 Å². The van der Waals surface area contributed by atoms with Crippen LogP contribution in [0.2, 0.25) is 0 Å². The molecular formula is C61H49NO. The predicted octanol–water partition coefficient (Wildman–Crippen LogP) is 17.8. The molecule has 1 heterocycles. The second kappa shape index (κ2) is 15.5. The maximum absolute atomic E-state index is 6.54. The molecule has 63 heavy (non-hydrogen) atoms. The Morgan fingerprint density at radius 3 is 1.87 bits per heavy atom. The molecule has 0 radical (unpaired) electrons. The van der Waals surface area contributed by atoms with Gasteiger partial charge >= 0.3 is 0 Å². The average molecular weight is 812 g/mol. The minimum absolute atomic E-state index is 0.404. The van der Waals surface area contributed by atoms with Crippen LogP contribution in [-0.4, -0.2) is 0 Å². The van der Waals surface area contributed by atoms with Crippen molar-refractivity contribution in [2.45, 2.75) is 47.0 Å². The van der Waals surface area contributed by atoms with Gasteiger partial charge in [0.1, 0.15) is 11.2 Å². The van der Waals surface area contributed by atoms with Gasteiger partial charge in [-0.2, -0.15) is 0 Å². The fourth-order valence-electron chi connectivity index (χ4n) is 10.2. The molecule has 2 nitrogen and oxygen atoms in total. The van der Waals surface area contributed by atoms with E-state index in [1.54, 1.807) is 0 Å². The summed E-state index contributed by atoms with van der Waals surface area (Å²) in [6.45, 7) is 11.4. The zero-order valence-electron chi connectivity index (χ0n) is 36.5. The van der Waals surface area contributed by atoms with Crippen LogP contribution >= 0.6 is 0 Å². The number of benzene rings is 10. The van der Waals surface area contributed by atoms with Crippen LogP contribution in [0.25, 0.3) is 87.6 Å². The molecule has 0 saturated carbocycles. The first-order valence-corrected chi connectivity index (χ1v) is 22.3. The smallest absolute Gasteiger partial charge is 0.143 e. The molecule has 0 aliphatic rings. The summed E-state index contributed by atoms with van der Waals surface area (Å²) < 4.78 is 6.54. The number of fused-ring (bicyclic) bond motifs is 7. The van der Waals surface area contributed by atoms with Crippen molar-refractivity contribution in [2.75, 3.05) is 4.90 Å². The Labute approximate surface area is 369 Å². The molecule has 0 aliphatic carbocycles. The Kier molecular flexibility index (Phi) is 9.46. The number of anilines is 3. The number of aryl methyl sites for hydroxylation is 3. The van der Waals surface area contributed by atoms with Crippen LogP contribution < -0.4 is 4.90 Å². The molecule has 0 N–H and O–H groups in total. The van der Waals surface area contributed by atoms with Crippen molar-refractivity contribution < 1.29 is 4.42 Å². The molecule has 0 spiro atoms. The third-order valence-corrected chi connectivity index (χ3v) is 13.3. The van der Waals surface area contributed by atoms with Crippen molar-refractivity contribution in [1.82, 2.24) is 0 Å². The van der Waals surface area contributed by atoms with Crippen molar-refractivity contribution in [3.05, 3.63) is 210 Å². The quantitative estimate of drug-likeness (QED) is 0.142. The molecule has 2 heteroatoms. The second-order valence-electron chi connectivity index (χ2n) is 17.4. The van der Waals surface area contributed by atoms with E-state index in [1.165, 1.54) is 88.1 Å². The van der Waals surface area contributed by atoms with Gasteiger partial charge in [0.15, 0.2) is 0 Å². The molecule has 10 aromatic carbocycles. The average Bonchev–Trinajstić information content (AvgIpc) is 3.71. The number of rotatable bonds is 8. The van der Waals surface area contributed by atoms with Crippen molar-refractivity contribution in [1.29, 1.82) is 0 Å². The summed E-state index contributed by atoms with van der Waals surface area (Å²) in [5.74, 6) is 0.404. The number of para-hydroxylation sites is 2. The summed E-state index contributed by atoms with van der Waals surface area (Å²) in [5, 5.41) is 9.98. The van der Waals surface area contributed by atoms with Gasteiger partial charge in [0.25, 0.3) is 0 Å². The van der Waals surface area contributed by atoms with Crippen LogP contribution in [-0.2, 0) is 6.42 Å². The zero-order valence-corrected chi connectivity index (χ0v) is 36.5. The van der Waals surface area contributed by atoms with Crippen molar-refractivity contribution in [3.63, 3.8) is 0 Å². The van der Waals surface area contributed by atoms with Crippen molar-refractivity contribution in [2.24, 2.45) is 0 Å². The lowest BCUT2D eigenvalue weighted by Crippen LogP contribution is -2.12. The van der Waals surface area contributed by atoms with Crippen LogP contribution in [0.5, 0.6) is 0 Å². The van der Waals surface area contributed by atoms with Crippen molar-refractivity contribution in [3.8, 4) is 33.4 Å². The number of nitrogens with zero attached hydrogens (tertiary/aromatic N) is 1. The summed E-state index contributed by atoms with van der Waals surface area (Å²) >= 11 is 0. The van der Waals surface area contributed by atoms with Crippen LogP contribution in [0.1, 0.15) is 48.9 Å². The highest BCUT2D eigenvalue weighted by atomic mass is 16.3. The van der Waals surface area contributed by atoms with E-state index in [1.807, 2.05) is 6.07 Å². The van der Waals surface area contributed by atoms with Crippen LogP contribution in [0, 0.1) is 13.8 Å². The maximum Gasteiger partial charge on any atom is 0.143 e. The van der Waals surface area contributed by atoms with E-state index >= 15 is 0 Å². The maximum atomic E-state index is 6.54. The van der Waals surface area contributed by atoms with Gasteiger partial charge in [0.05, 0.1) is 5.69 Å². The first-order chi connectivity index (χ1) is 30.9. The zero-order chi connectivity index (χ0) is 42.8. The summed E-state index contributed by atoms with van der Waals surface area (Å²) in [7, 11) is 0. The van der Waals surface area contributed by atoms with Gasteiger partial charge in [0.2, 0.25) is 0 Å². The lowest BCUT2D eigenvalue weighted by molar-refractivity contribution is 0.670. The molecular weight excluding hydrogens is 763 g/mol. The lowest BCUT2D eigenvalue weighted by atomic mass is 9.90. The third kappa shape index (κ3) is 6.48. The van der Waals surface area contributed by atoms with Gasteiger partial charge in [0, 0.05) is 33.1 Å². The molecule has 0 bridgehead atoms. The molecule has 0 fully saturated rings. The van der Waals surface area contributed by atoms with Crippen LogP contribution in [0.3, 0.4) is 0 Å². The molecule has 0 atom stereocenters. The highest BCUT2D eigenvalue weighted by Gasteiger charge is 2.22. The highest BCUT2D eigenvalue weighted by Crippen LogP contribution is 2.46.